The Labute approximate surface area is 186 Å². The number of nitrogens with two attached hydrogens (primary N) is 1. The number of carbonyl (C=O) groups is 2. The number of aromatic nitrogens is 2. The number of anilines is 2. The van der Waals surface area contributed by atoms with Gasteiger partial charge in [-0.25, -0.2) is 9.97 Å². The van der Waals surface area contributed by atoms with Crippen molar-refractivity contribution in [3.63, 3.8) is 0 Å². The molecule has 0 fully saturated rings. The van der Waals surface area contributed by atoms with Crippen molar-refractivity contribution >= 4 is 23.2 Å². The van der Waals surface area contributed by atoms with Crippen LogP contribution in [-0.4, -0.2) is 41.7 Å². The van der Waals surface area contributed by atoms with E-state index in [0.29, 0.717) is 24.3 Å². The summed E-state index contributed by atoms with van der Waals surface area (Å²) < 4.78 is 4.85. The van der Waals surface area contributed by atoms with E-state index in [2.05, 4.69) is 25.9 Å². The van der Waals surface area contributed by atoms with E-state index in [1.165, 1.54) is 19.6 Å². The Kier molecular flexibility index (Phi) is 8.24. The largest absolute Gasteiger partial charge is 0.375 e. The number of nitrogens with zero attached hydrogens (tertiary/aromatic N) is 2. The van der Waals surface area contributed by atoms with Crippen LogP contribution in [0, 0.1) is 0 Å². The second kappa shape index (κ2) is 11.5. The third-order valence-electron chi connectivity index (χ3n) is 4.62. The maximum atomic E-state index is 11.8. The van der Waals surface area contributed by atoms with Crippen LogP contribution < -0.4 is 21.7 Å². The van der Waals surface area contributed by atoms with Gasteiger partial charge in [-0.2, -0.15) is 0 Å². The molecule has 0 aliphatic rings. The molecule has 0 saturated heterocycles. The molecule has 32 heavy (non-hydrogen) atoms. The van der Waals surface area contributed by atoms with Crippen LogP contribution in [0.15, 0.2) is 67.1 Å². The molecule has 0 saturated carbocycles. The van der Waals surface area contributed by atoms with Gasteiger partial charge in [0.1, 0.15) is 12.9 Å². The van der Waals surface area contributed by atoms with Gasteiger partial charge in [-0.1, -0.05) is 36.4 Å². The van der Waals surface area contributed by atoms with Gasteiger partial charge in [0.05, 0.1) is 17.4 Å². The monoisotopic (exact) mass is 434 g/mol. The summed E-state index contributed by atoms with van der Waals surface area (Å²) in [5.74, 6) is -0.819. The summed E-state index contributed by atoms with van der Waals surface area (Å²) in [7, 11) is 1.47. The SMILES string of the molecule is COCC(=O)Nc1cccc(NC(Cc2ncncc2C(N)=O)NCc2ccccc2)c1. The van der Waals surface area contributed by atoms with E-state index in [1.807, 2.05) is 48.5 Å². The molecule has 0 aliphatic heterocycles. The fraction of sp³-hybridized carbons (Fsp3) is 0.217. The predicted octanol–water partition coefficient (Wildman–Crippen LogP) is 1.93. The number of amides is 2. The van der Waals surface area contributed by atoms with Gasteiger partial charge in [-0.15, -0.1) is 0 Å². The van der Waals surface area contributed by atoms with Crippen LogP contribution in [0.4, 0.5) is 11.4 Å². The van der Waals surface area contributed by atoms with Crippen LogP contribution in [0.5, 0.6) is 0 Å². The zero-order valence-corrected chi connectivity index (χ0v) is 17.7. The fourth-order valence-electron chi connectivity index (χ4n) is 3.14. The number of carbonyl (C=O) groups excluding carboxylic acids is 2. The van der Waals surface area contributed by atoms with E-state index >= 15 is 0 Å². The molecular formula is C23H26N6O3. The number of benzene rings is 2. The second-order valence-electron chi connectivity index (χ2n) is 7.08. The number of methoxy groups -OCH3 is 1. The van der Waals surface area contributed by atoms with Gasteiger partial charge < -0.3 is 21.1 Å². The number of hydrogen-bond acceptors (Lipinski definition) is 7. The molecule has 5 N–H and O–H groups in total. The number of primary amides is 1. The summed E-state index contributed by atoms with van der Waals surface area (Å²) in [5, 5.41) is 9.63. The van der Waals surface area contributed by atoms with Gasteiger partial charge in [-0.3, -0.25) is 14.9 Å². The summed E-state index contributed by atoms with van der Waals surface area (Å²) in [6.07, 6.45) is 2.91. The van der Waals surface area contributed by atoms with E-state index < -0.39 is 5.91 Å². The van der Waals surface area contributed by atoms with Crippen molar-refractivity contribution < 1.29 is 14.3 Å². The first kappa shape index (κ1) is 22.9. The van der Waals surface area contributed by atoms with Crippen LogP contribution in [0.3, 0.4) is 0 Å². The Morgan fingerprint density at radius 1 is 1.09 bits per heavy atom. The van der Waals surface area contributed by atoms with Crippen molar-refractivity contribution in [1.82, 2.24) is 15.3 Å². The standard InChI is InChI=1S/C23H26N6O3/c1-32-14-22(30)29-18-9-5-8-17(10-18)28-21(26-12-16-6-3-2-4-7-16)11-20-19(23(24)31)13-25-15-27-20/h2-10,13,15,21,26,28H,11-12,14H2,1H3,(H2,24,31)(H,29,30). The van der Waals surface area contributed by atoms with E-state index in [0.717, 1.165) is 11.3 Å². The third-order valence-corrected chi connectivity index (χ3v) is 4.62. The lowest BCUT2D eigenvalue weighted by atomic mass is 10.1. The average Bonchev–Trinajstić information content (AvgIpc) is 2.79. The van der Waals surface area contributed by atoms with Crippen LogP contribution in [0.2, 0.25) is 0 Å². The normalized spacial score (nSPS) is 11.5. The highest BCUT2D eigenvalue weighted by molar-refractivity contribution is 5.93. The summed E-state index contributed by atoms with van der Waals surface area (Å²) >= 11 is 0. The van der Waals surface area contributed by atoms with Crippen LogP contribution in [0.1, 0.15) is 21.6 Å². The van der Waals surface area contributed by atoms with Crippen molar-refractivity contribution in [3.8, 4) is 0 Å². The molecule has 1 unspecified atom stereocenters. The number of ether oxygens (including phenoxy) is 1. The zero-order valence-electron chi connectivity index (χ0n) is 17.7. The van der Waals surface area contributed by atoms with Gasteiger partial charge in [-0.05, 0) is 23.8 Å². The third kappa shape index (κ3) is 6.86. The molecule has 3 aromatic rings. The second-order valence-corrected chi connectivity index (χ2v) is 7.08. The van der Waals surface area contributed by atoms with Crippen LogP contribution >= 0.6 is 0 Å². The van der Waals surface area contributed by atoms with Crippen LogP contribution in [-0.2, 0) is 22.5 Å². The van der Waals surface area contributed by atoms with Crippen molar-refractivity contribution in [1.29, 1.82) is 0 Å². The van der Waals surface area contributed by atoms with Crippen molar-refractivity contribution in [2.75, 3.05) is 24.4 Å². The van der Waals surface area contributed by atoms with Gasteiger partial charge in [0.2, 0.25) is 5.91 Å². The highest BCUT2D eigenvalue weighted by atomic mass is 16.5. The Bertz CT molecular complexity index is 1040. The predicted molar refractivity (Wildman–Crippen MR) is 122 cm³/mol. The fourth-order valence-corrected chi connectivity index (χ4v) is 3.14. The molecule has 1 aromatic heterocycles. The molecule has 0 radical (unpaired) electrons. The maximum absolute atomic E-state index is 11.8. The smallest absolute Gasteiger partial charge is 0.252 e. The Balaban J connectivity index is 1.78. The van der Waals surface area contributed by atoms with E-state index in [-0.39, 0.29) is 24.2 Å². The van der Waals surface area contributed by atoms with Crippen molar-refractivity contribution in [2.24, 2.45) is 5.73 Å². The summed E-state index contributed by atoms with van der Waals surface area (Å²) in [4.78, 5) is 31.8. The summed E-state index contributed by atoms with van der Waals surface area (Å²) in [6.45, 7) is 0.572. The molecule has 3 rings (SSSR count). The molecule has 0 aliphatic carbocycles. The first-order chi connectivity index (χ1) is 15.5. The van der Waals surface area contributed by atoms with Gasteiger partial charge in [0.25, 0.3) is 5.91 Å². The molecular weight excluding hydrogens is 408 g/mol. The van der Waals surface area contributed by atoms with Gasteiger partial charge >= 0.3 is 0 Å². The van der Waals surface area contributed by atoms with E-state index in [4.69, 9.17) is 10.5 Å². The lowest BCUT2D eigenvalue weighted by molar-refractivity contribution is -0.119. The van der Waals surface area contributed by atoms with Gasteiger partial charge in [0, 0.05) is 37.6 Å². The Hall–Kier alpha value is -3.82. The number of hydrogen-bond donors (Lipinski definition) is 4. The topological polar surface area (TPSA) is 131 Å². The highest BCUT2D eigenvalue weighted by Gasteiger charge is 2.16. The molecule has 2 amide bonds. The summed E-state index contributed by atoms with van der Waals surface area (Å²) in [5.41, 5.74) is 8.83. The highest BCUT2D eigenvalue weighted by Crippen LogP contribution is 2.17. The number of rotatable bonds is 11. The van der Waals surface area contributed by atoms with Gasteiger partial charge in [0.15, 0.2) is 0 Å². The Morgan fingerprint density at radius 2 is 1.88 bits per heavy atom. The molecule has 0 spiro atoms. The zero-order chi connectivity index (χ0) is 22.8. The van der Waals surface area contributed by atoms with Crippen molar-refractivity contribution in [2.45, 2.75) is 19.1 Å². The number of nitrogens with one attached hydrogen (secondary N) is 3. The molecule has 2 aromatic carbocycles. The quantitative estimate of drug-likeness (QED) is 0.339. The van der Waals surface area contributed by atoms with E-state index in [1.54, 1.807) is 6.07 Å². The van der Waals surface area contributed by atoms with E-state index in [9.17, 15) is 9.59 Å². The first-order valence-electron chi connectivity index (χ1n) is 10.1. The first-order valence-corrected chi connectivity index (χ1v) is 10.1. The Morgan fingerprint density at radius 3 is 2.62 bits per heavy atom. The molecule has 0 bridgehead atoms. The lowest BCUT2D eigenvalue weighted by Gasteiger charge is -2.22. The minimum Gasteiger partial charge on any atom is -0.375 e. The lowest BCUT2D eigenvalue weighted by Crippen LogP contribution is -2.38. The van der Waals surface area contributed by atoms with Crippen LogP contribution in [0.25, 0.3) is 0 Å². The minimum absolute atomic E-state index is 0.0253. The maximum Gasteiger partial charge on any atom is 0.252 e. The summed E-state index contributed by atoms with van der Waals surface area (Å²) in [6, 6.07) is 17.3. The molecule has 9 heteroatoms. The minimum atomic E-state index is -0.578. The molecule has 9 nitrogen and oxygen atoms in total. The van der Waals surface area contributed by atoms with Crippen molar-refractivity contribution in [3.05, 3.63) is 83.9 Å². The molecule has 1 atom stereocenters. The molecule has 1 heterocycles. The molecule has 166 valence electrons. The average molecular weight is 435 g/mol.